The Hall–Kier alpha value is -0.330. The van der Waals surface area contributed by atoms with Gasteiger partial charge in [0.2, 0.25) is 10.0 Å². The lowest BCUT2D eigenvalue weighted by Crippen LogP contribution is -2.21. The molecular formula is C12H16BrClFNO2S. The fraction of sp³-hybridized carbons (Fsp3) is 0.500. The zero-order valence-corrected chi connectivity index (χ0v) is 14.1. The number of nitrogens with one attached hydrogen (secondary N) is 1. The van der Waals surface area contributed by atoms with Gasteiger partial charge in [0, 0.05) is 4.47 Å². The van der Waals surface area contributed by atoms with E-state index in [1.54, 1.807) is 0 Å². The van der Waals surface area contributed by atoms with Gasteiger partial charge in [-0.3, -0.25) is 4.72 Å². The van der Waals surface area contributed by atoms with Crippen LogP contribution in [0, 0.1) is 11.2 Å². The molecule has 19 heavy (non-hydrogen) atoms. The lowest BCUT2D eigenvalue weighted by atomic mass is 9.94. The SMILES string of the molecule is CC(C)(C)CCS(=O)(=O)Nc1c(Cl)cc(F)cc1Br. The highest BCUT2D eigenvalue weighted by atomic mass is 79.9. The molecule has 7 heteroatoms. The first kappa shape index (κ1) is 16.7. The number of benzene rings is 1. The third-order valence-corrected chi connectivity index (χ3v) is 4.57. The molecule has 0 aliphatic carbocycles. The summed E-state index contributed by atoms with van der Waals surface area (Å²) < 4.78 is 39.6. The van der Waals surface area contributed by atoms with Gasteiger partial charge in [0.25, 0.3) is 0 Å². The van der Waals surface area contributed by atoms with E-state index in [4.69, 9.17) is 11.6 Å². The van der Waals surface area contributed by atoms with Crippen LogP contribution in [0.1, 0.15) is 27.2 Å². The Morgan fingerprint density at radius 2 is 1.95 bits per heavy atom. The number of anilines is 1. The van der Waals surface area contributed by atoms with Gasteiger partial charge in [-0.25, -0.2) is 12.8 Å². The van der Waals surface area contributed by atoms with E-state index in [9.17, 15) is 12.8 Å². The average molecular weight is 373 g/mol. The molecule has 0 heterocycles. The summed E-state index contributed by atoms with van der Waals surface area (Å²) in [5.41, 5.74) is 0.0791. The van der Waals surface area contributed by atoms with E-state index in [2.05, 4.69) is 20.7 Å². The smallest absolute Gasteiger partial charge is 0.232 e. The van der Waals surface area contributed by atoms with Gasteiger partial charge in [-0.2, -0.15) is 0 Å². The first-order chi connectivity index (χ1) is 8.50. The topological polar surface area (TPSA) is 46.2 Å². The molecule has 0 unspecified atom stereocenters. The molecule has 0 saturated carbocycles. The molecule has 1 aromatic rings. The molecule has 0 saturated heterocycles. The minimum atomic E-state index is -3.51. The van der Waals surface area contributed by atoms with Crippen LogP contribution in [0.5, 0.6) is 0 Å². The van der Waals surface area contributed by atoms with Gasteiger partial charge in [-0.1, -0.05) is 32.4 Å². The van der Waals surface area contributed by atoms with Crippen LogP contribution in [-0.2, 0) is 10.0 Å². The molecule has 0 radical (unpaired) electrons. The Labute approximate surface area is 126 Å². The molecule has 0 amide bonds. The van der Waals surface area contributed by atoms with Gasteiger partial charge in [0.15, 0.2) is 0 Å². The quantitative estimate of drug-likeness (QED) is 0.850. The molecule has 1 N–H and O–H groups in total. The Morgan fingerprint density at radius 1 is 1.37 bits per heavy atom. The van der Waals surface area contributed by atoms with Crippen molar-refractivity contribution in [2.75, 3.05) is 10.5 Å². The zero-order chi connectivity index (χ0) is 14.8. The second-order valence-electron chi connectivity index (χ2n) is 5.48. The maximum atomic E-state index is 13.1. The molecular weight excluding hydrogens is 357 g/mol. The molecule has 1 rings (SSSR count). The van der Waals surface area contributed by atoms with Crippen LogP contribution >= 0.6 is 27.5 Å². The minimum Gasteiger partial charge on any atom is -0.281 e. The van der Waals surface area contributed by atoms with Crippen molar-refractivity contribution in [2.45, 2.75) is 27.2 Å². The van der Waals surface area contributed by atoms with Crippen LogP contribution in [0.4, 0.5) is 10.1 Å². The van der Waals surface area contributed by atoms with Crippen molar-refractivity contribution in [2.24, 2.45) is 5.41 Å². The van der Waals surface area contributed by atoms with Crippen molar-refractivity contribution in [3.05, 3.63) is 27.4 Å². The Balaban J connectivity index is 2.90. The van der Waals surface area contributed by atoms with E-state index in [1.165, 1.54) is 0 Å². The third-order valence-electron chi connectivity index (χ3n) is 2.39. The van der Waals surface area contributed by atoms with Gasteiger partial charge < -0.3 is 0 Å². The van der Waals surface area contributed by atoms with Crippen LogP contribution < -0.4 is 4.72 Å². The number of halogens is 3. The predicted octanol–water partition coefficient (Wildman–Crippen LogP) is 4.42. The minimum absolute atomic E-state index is 0.0172. The van der Waals surface area contributed by atoms with Gasteiger partial charge in [-0.05, 0) is 39.9 Å². The Bertz CT molecular complexity index is 547. The first-order valence-electron chi connectivity index (χ1n) is 5.65. The standard InChI is InChI=1S/C12H16BrClFNO2S/c1-12(2,3)4-5-19(17,18)16-11-9(13)6-8(15)7-10(11)14/h6-7,16H,4-5H2,1-3H3. The van der Waals surface area contributed by atoms with E-state index in [0.29, 0.717) is 6.42 Å². The Kier molecular flexibility index (Phi) is 5.26. The molecule has 0 aliphatic heterocycles. The highest BCUT2D eigenvalue weighted by Crippen LogP contribution is 2.32. The molecule has 3 nitrogen and oxygen atoms in total. The normalized spacial score (nSPS) is 12.5. The summed E-state index contributed by atoms with van der Waals surface area (Å²) in [5, 5.41) is 0.0196. The summed E-state index contributed by atoms with van der Waals surface area (Å²) in [6.45, 7) is 5.88. The first-order valence-corrected chi connectivity index (χ1v) is 8.47. The monoisotopic (exact) mass is 371 g/mol. The lowest BCUT2D eigenvalue weighted by Gasteiger charge is -2.18. The van der Waals surface area contributed by atoms with Crippen LogP contribution in [0.3, 0.4) is 0 Å². The van der Waals surface area contributed by atoms with Crippen LogP contribution in [0.2, 0.25) is 5.02 Å². The van der Waals surface area contributed by atoms with Crippen molar-refractivity contribution >= 4 is 43.2 Å². The second-order valence-corrected chi connectivity index (χ2v) is 8.58. The van der Waals surface area contributed by atoms with Gasteiger partial charge >= 0.3 is 0 Å². The van der Waals surface area contributed by atoms with Crippen molar-refractivity contribution in [1.82, 2.24) is 0 Å². The van der Waals surface area contributed by atoms with Crippen molar-refractivity contribution < 1.29 is 12.8 Å². The van der Waals surface area contributed by atoms with Gasteiger partial charge in [-0.15, -0.1) is 0 Å². The highest BCUT2D eigenvalue weighted by molar-refractivity contribution is 9.10. The van der Waals surface area contributed by atoms with Gasteiger partial charge in [0.05, 0.1) is 16.5 Å². The number of hydrogen-bond donors (Lipinski definition) is 1. The zero-order valence-electron chi connectivity index (χ0n) is 10.9. The summed E-state index contributed by atoms with van der Waals surface area (Å²) in [6, 6.07) is 2.22. The van der Waals surface area contributed by atoms with Crippen LogP contribution in [0.25, 0.3) is 0 Å². The molecule has 0 fully saturated rings. The van der Waals surface area contributed by atoms with Gasteiger partial charge in [0.1, 0.15) is 5.82 Å². The number of rotatable bonds is 4. The summed E-state index contributed by atoms with van der Waals surface area (Å²) >= 11 is 8.92. The largest absolute Gasteiger partial charge is 0.281 e. The molecule has 0 atom stereocenters. The highest BCUT2D eigenvalue weighted by Gasteiger charge is 2.19. The van der Waals surface area contributed by atoms with Crippen molar-refractivity contribution in [1.29, 1.82) is 0 Å². The Morgan fingerprint density at radius 3 is 2.42 bits per heavy atom. The number of sulfonamides is 1. The molecule has 0 aromatic heterocycles. The molecule has 0 bridgehead atoms. The summed E-state index contributed by atoms with van der Waals surface area (Å²) in [5.74, 6) is -0.550. The number of hydrogen-bond acceptors (Lipinski definition) is 2. The van der Waals surface area contributed by atoms with E-state index in [-0.39, 0.29) is 26.4 Å². The summed E-state index contributed by atoms with van der Waals surface area (Å²) in [4.78, 5) is 0. The maximum absolute atomic E-state index is 13.1. The fourth-order valence-corrected chi connectivity index (χ4v) is 3.89. The maximum Gasteiger partial charge on any atom is 0.232 e. The van der Waals surface area contributed by atoms with E-state index < -0.39 is 15.8 Å². The fourth-order valence-electron chi connectivity index (χ4n) is 1.29. The second kappa shape index (κ2) is 5.97. The van der Waals surface area contributed by atoms with E-state index >= 15 is 0 Å². The van der Waals surface area contributed by atoms with Crippen molar-refractivity contribution in [3.63, 3.8) is 0 Å². The molecule has 108 valence electrons. The summed E-state index contributed by atoms with van der Waals surface area (Å²) in [6.07, 6.45) is 0.513. The van der Waals surface area contributed by atoms with Crippen LogP contribution in [-0.4, -0.2) is 14.2 Å². The van der Waals surface area contributed by atoms with Crippen molar-refractivity contribution in [3.8, 4) is 0 Å². The molecule has 0 aliphatic rings. The summed E-state index contributed by atoms with van der Waals surface area (Å²) in [7, 11) is -3.51. The van der Waals surface area contributed by atoms with E-state index in [1.807, 2.05) is 20.8 Å². The van der Waals surface area contributed by atoms with Crippen LogP contribution in [0.15, 0.2) is 16.6 Å². The third kappa shape index (κ3) is 5.67. The lowest BCUT2D eigenvalue weighted by molar-refractivity contribution is 0.397. The molecule has 0 spiro atoms. The predicted molar refractivity (Wildman–Crippen MR) is 80.6 cm³/mol. The average Bonchev–Trinajstić information content (AvgIpc) is 2.20. The molecule has 1 aromatic carbocycles. The van der Waals surface area contributed by atoms with E-state index in [0.717, 1.165) is 12.1 Å².